The number of nitrogens with one attached hydrogen (secondary N) is 1. The van der Waals surface area contributed by atoms with E-state index in [4.69, 9.17) is 9.72 Å². The Morgan fingerprint density at radius 1 is 1.03 bits per heavy atom. The lowest BCUT2D eigenvalue weighted by Crippen LogP contribution is -2.40. The Hall–Kier alpha value is -3.65. The van der Waals surface area contributed by atoms with Gasteiger partial charge in [-0.15, -0.1) is 0 Å². The molecule has 0 aliphatic heterocycles. The number of fused-ring (bicyclic) bond motifs is 1. The summed E-state index contributed by atoms with van der Waals surface area (Å²) in [6.45, 7) is 6.64. The molecule has 1 aromatic heterocycles. The van der Waals surface area contributed by atoms with Gasteiger partial charge in [0, 0.05) is 11.0 Å². The van der Waals surface area contributed by atoms with Gasteiger partial charge in [-0.1, -0.05) is 54.0 Å². The molecule has 192 valence electrons. The van der Waals surface area contributed by atoms with Gasteiger partial charge in [0.05, 0.1) is 35.4 Å². The lowest BCUT2D eigenvalue weighted by Gasteiger charge is -2.31. The summed E-state index contributed by atoms with van der Waals surface area (Å²) >= 11 is 3.47. The molecule has 0 saturated carbocycles. The molecule has 1 heterocycles. The van der Waals surface area contributed by atoms with Crippen molar-refractivity contribution in [3.8, 4) is 11.4 Å². The van der Waals surface area contributed by atoms with E-state index < -0.39 is 6.04 Å². The average Bonchev–Trinajstić information content (AvgIpc) is 2.89. The molecule has 0 saturated heterocycles. The number of anilines is 1. The van der Waals surface area contributed by atoms with E-state index in [1.807, 2.05) is 61.5 Å². The molecule has 0 aliphatic rings. The Morgan fingerprint density at radius 3 is 2.41 bits per heavy atom. The highest BCUT2D eigenvalue weighted by Gasteiger charge is 2.27. The summed E-state index contributed by atoms with van der Waals surface area (Å²) in [5.74, 6) is 1.44. The maximum Gasteiger partial charge on any atom is 0.322 e. The molecular weight excluding hydrogens is 532 g/mol. The predicted molar refractivity (Wildman–Crippen MR) is 152 cm³/mol. The van der Waals surface area contributed by atoms with Gasteiger partial charge in [-0.25, -0.2) is 9.78 Å². The summed E-state index contributed by atoms with van der Waals surface area (Å²) in [7, 11) is 1.57. The Labute approximate surface area is 225 Å². The zero-order valence-electron chi connectivity index (χ0n) is 21.4. The predicted octanol–water partition coefficient (Wildman–Crippen LogP) is 6.80. The lowest BCUT2D eigenvalue weighted by atomic mass is 10.1. The Bertz CT molecular complexity index is 1450. The van der Waals surface area contributed by atoms with Crippen LogP contribution in [0.2, 0.25) is 0 Å². The smallest absolute Gasteiger partial charge is 0.322 e. The van der Waals surface area contributed by atoms with E-state index in [2.05, 4.69) is 35.1 Å². The maximum absolute atomic E-state index is 13.7. The van der Waals surface area contributed by atoms with Crippen LogP contribution in [0.4, 0.5) is 10.5 Å². The number of methoxy groups -OCH3 is 1. The first kappa shape index (κ1) is 26.4. The fourth-order valence-electron chi connectivity index (χ4n) is 4.21. The summed E-state index contributed by atoms with van der Waals surface area (Å²) in [6.07, 6.45) is 0.791. The van der Waals surface area contributed by atoms with Gasteiger partial charge in [0.2, 0.25) is 0 Å². The van der Waals surface area contributed by atoms with Gasteiger partial charge < -0.3 is 15.0 Å². The van der Waals surface area contributed by atoms with Crippen LogP contribution in [-0.2, 0) is 0 Å². The molecule has 0 radical (unpaired) electrons. The molecule has 8 heteroatoms. The van der Waals surface area contributed by atoms with E-state index in [0.717, 1.165) is 10.9 Å². The van der Waals surface area contributed by atoms with Gasteiger partial charge in [0.15, 0.2) is 0 Å². The number of amides is 2. The van der Waals surface area contributed by atoms with Crippen molar-refractivity contribution in [2.75, 3.05) is 19.0 Å². The minimum absolute atomic E-state index is 0.177. The number of hydrogen-bond donors (Lipinski definition) is 1. The number of carbonyl (C=O) groups excluding carboxylic acids is 1. The van der Waals surface area contributed by atoms with Crippen molar-refractivity contribution in [2.45, 2.75) is 33.2 Å². The van der Waals surface area contributed by atoms with Crippen LogP contribution in [0.5, 0.6) is 5.75 Å². The second kappa shape index (κ2) is 11.6. The fraction of sp³-hybridized carbons (Fsp3) is 0.276. The first-order valence-electron chi connectivity index (χ1n) is 12.3. The zero-order valence-corrected chi connectivity index (χ0v) is 23.0. The van der Waals surface area contributed by atoms with Crippen LogP contribution in [0, 0.1) is 5.92 Å². The third-order valence-electron chi connectivity index (χ3n) is 6.28. The summed E-state index contributed by atoms with van der Waals surface area (Å²) in [6, 6.07) is 21.3. The van der Waals surface area contributed by atoms with Crippen LogP contribution in [0.3, 0.4) is 0 Å². The molecule has 7 nitrogen and oxygen atoms in total. The van der Waals surface area contributed by atoms with E-state index in [-0.39, 0.29) is 11.6 Å². The highest BCUT2D eigenvalue weighted by atomic mass is 79.9. The summed E-state index contributed by atoms with van der Waals surface area (Å²) < 4.78 is 7.94. The second-order valence-corrected chi connectivity index (χ2v) is 10.2. The Kier molecular flexibility index (Phi) is 8.28. The SMILES string of the molecule is COc1ccccc1NC(=O)N(CCC(C)C)C(C)c1nc2ccccc2c(=O)n1-c1ccc(Br)cc1. The van der Waals surface area contributed by atoms with Crippen LogP contribution >= 0.6 is 15.9 Å². The second-order valence-electron chi connectivity index (χ2n) is 9.29. The minimum atomic E-state index is -0.505. The third-order valence-corrected chi connectivity index (χ3v) is 6.81. The number of benzene rings is 3. The van der Waals surface area contributed by atoms with Crippen molar-refractivity contribution >= 4 is 38.6 Å². The number of nitrogens with zero attached hydrogens (tertiary/aromatic N) is 3. The molecule has 1 unspecified atom stereocenters. The third kappa shape index (κ3) is 5.85. The molecule has 0 bridgehead atoms. The van der Waals surface area contributed by atoms with Gasteiger partial charge in [-0.2, -0.15) is 0 Å². The van der Waals surface area contributed by atoms with E-state index in [9.17, 15) is 9.59 Å². The number of urea groups is 1. The number of rotatable bonds is 8. The van der Waals surface area contributed by atoms with Crippen molar-refractivity contribution in [1.82, 2.24) is 14.5 Å². The van der Waals surface area contributed by atoms with Crippen LogP contribution < -0.4 is 15.6 Å². The molecule has 0 fully saturated rings. The van der Waals surface area contributed by atoms with Gasteiger partial charge in [-0.3, -0.25) is 9.36 Å². The lowest BCUT2D eigenvalue weighted by molar-refractivity contribution is 0.185. The standard InChI is InChI=1S/C29H31BrN4O3/c1-19(2)17-18-33(29(36)32-25-11-7-8-12-26(25)37-4)20(3)27-31-24-10-6-5-9-23(24)28(35)34(27)22-15-13-21(30)14-16-22/h5-16,19-20H,17-18H2,1-4H3,(H,32,36). The maximum atomic E-state index is 13.7. The molecule has 3 aromatic carbocycles. The van der Waals surface area contributed by atoms with Crippen molar-refractivity contribution in [3.05, 3.63) is 93.4 Å². The molecule has 4 rings (SSSR count). The van der Waals surface area contributed by atoms with Crippen LogP contribution in [0.1, 0.15) is 39.1 Å². The van der Waals surface area contributed by atoms with Gasteiger partial charge in [-0.05, 0) is 67.8 Å². The minimum Gasteiger partial charge on any atom is -0.495 e. The van der Waals surface area contributed by atoms with Gasteiger partial charge >= 0.3 is 6.03 Å². The molecule has 0 aliphatic carbocycles. The summed E-state index contributed by atoms with van der Waals surface area (Å²) in [5.41, 5.74) is 1.68. The van der Waals surface area contributed by atoms with Gasteiger partial charge in [0.1, 0.15) is 11.6 Å². The van der Waals surface area contributed by atoms with Crippen LogP contribution in [-0.4, -0.2) is 34.1 Å². The molecule has 1 atom stereocenters. The molecule has 0 spiro atoms. The van der Waals surface area contributed by atoms with Gasteiger partial charge in [0.25, 0.3) is 5.56 Å². The number of halogens is 1. The van der Waals surface area contributed by atoms with Crippen molar-refractivity contribution in [3.63, 3.8) is 0 Å². The molecule has 2 amide bonds. The normalized spacial score (nSPS) is 11.9. The topological polar surface area (TPSA) is 76.5 Å². The number of ether oxygens (including phenoxy) is 1. The quantitative estimate of drug-likeness (QED) is 0.256. The molecular formula is C29H31BrN4O3. The van der Waals surface area contributed by atoms with Crippen molar-refractivity contribution in [1.29, 1.82) is 0 Å². The van der Waals surface area contributed by atoms with E-state index in [0.29, 0.717) is 46.3 Å². The van der Waals surface area contributed by atoms with Crippen LogP contribution in [0.15, 0.2) is 82.1 Å². The molecule has 4 aromatic rings. The fourth-order valence-corrected chi connectivity index (χ4v) is 4.48. The first-order valence-corrected chi connectivity index (χ1v) is 13.1. The number of carbonyl (C=O) groups is 1. The van der Waals surface area contributed by atoms with E-state index in [1.54, 1.807) is 34.8 Å². The highest BCUT2D eigenvalue weighted by Crippen LogP contribution is 2.28. The first-order chi connectivity index (χ1) is 17.8. The average molecular weight is 563 g/mol. The summed E-state index contributed by atoms with van der Waals surface area (Å²) in [4.78, 5) is 34.1. The van der Waals surface area contributed by atoms with E-state index in [1.165, 1.54) is 0 Å². The summed E-state index contributed by atoms with van der Waals surface area (Å²) in [5, 5.41) is 3.52. The molecule has 37 heavy (non-hydrogen) atoms. The monoisotopic (exact) mass is 562 g/mol. The van der Waals surface area contributed by atoms with Crippen LogP contribution in [0.25, 0.3) is 16.6 Å². The van der Waals surface area contributed by atoms with Crippen molar-refractivity contribution in [2.24, 2.45) is 5.92 Å². The highest BCUT2D eigenvalue weighted by molar-refractivity contribution is 9.10. The number of aromatic nitrogens is 2. The molecule has 1 N–H and O–H groups in total. The zero-order chi connectivity index (χ0) is 26.5. The largest absolute Gasteiger partial charge is 0.495 e. The Morgan fingerprint density at radius 2 is 1.70 bits per heavy atom. The van der Waals surface area contributed by atoms with Crippen molar-refractivity contribution < 1.29 is 9.53 Å². The number of hydrogen-bond acceptors (Lipinski definition) is 4. The Balaban J connectivity index is 1.83. The number of para-hydroxylation sites is 3. The van der Waals surface area contributed by atoms with E-state index >= 15 is 0 Å².